The Labute approximate surface area is 161 Å². The van der Waals surface area contributed by atoms with Gasteiger partial charge in [-0.25, -0.2) is 0 Å². The van der Waals surface area contributed by atoms with Crippen molar-refractivity contribution in [1.29, 1.82) is 0 Å². The van der Waals surface area contributed by atoms with Crippen LogP contribution in [0.2, 0.25) is 0 Å². The van der Waals surface area contributed by atoms with Gasteiger partial charge < -0.3 is 10.4 Å². The molecule has 1 aromatic carbocycles. The highest BCUT2D eigenvalue weighted by atomic mass is 16.4. The molecule has 0 fully saturated rings. The highest BCUT2D eigenvalue weighted by Crippen LogP contribution is 2.24. The van der Waals surface area contributed by atoms with Gasteiger partial charge in [0.05, 0.1) is 12.8 Å². The van der Waals surface area contributed by atoms with Crippen LogP contribution >= 0.6 is 0 Å². The van der Waals surface area contributed by atoms with E-state index in [1.165, 1.54) is 0 Å². The highest BCUT2D eigenvalue weighted by Gasteiger charge is 2.20. The Bertz CT molecular complexity index is 759. The van der Waals surface area contributed by atoms with Crippen molar-refractivity contribution in [1.82, 2.24) is 5.32 Å². The molecule has 1 aromatic rings. The second-order valence-electron chi connectivity index (χ2n) is 6.41. The van der Waals surface area contributed by atoms with Gasteiger partial charge in [-0.05, 0) is 40.3 Å². The van der Waals surface area contributed by atoms with Crippen LogP contribution < -0.4 is 5.32 Å². The van der Waals surface area contributed by atoms with Gasteiger partial charge in [-0.15, -0.1) is 5.10 Å². The molecule has 0 saturated heterocycles. The van der Waals surface area contributed by atoms with E-state index in [4.69, 9.17) is 0 Å². The molecule has 27 heavy (non-hydrogen) atoms. The lowest BCUT2D eigenvalue weighted by molar-refractivity contribution is -0.140. The van der Waals surface area contributed by atoms with E-state index in [1.54, 1.807) is 13.1 Å². The van der Waals surface area contributed by atoms with Crippen molar-refractivity contribution in [2.24, 2.45) is 21.4 Å². The predicted molar refractivity (Wildman–Crippen MR) is 111 cm³/mol. The maximum atomic E-state index is 11.3. The van der Waals surface area contributed by atoms with Crippen molar-refractivity contribution in [3.05, 3.63) is 66.3 Å². The van der Waals surface area contributed by atoms with Gasteiger partial charge >= 0.3 is 5.97 Å². The molecular weight excluding hydrogens is 340 g/mol. The summed E-state index contributed by atoms with van der Waals surface area (Å²) in [5.41, 5.74) is 4.26. The molecule has 144 valence electrons. The molecule has 0 bridgehead atoms. The molecule has 0 heterocycles. The van der Waals surface area contributed by atoms with Gasteiger partial charge in [-0.1, -0.05) is 63.4 Å². The van der Waals surface area contributed by atoms with Crippen molar-refractivity contribution in [2.75, 3.05) is 7.05 Å². The summed E-state index contributed by atoms with van der Waals surface area (Å²) in [6.07, 6.45) is 3.57. The first-order valence-corrected chi connectivity index (χ1v) is 8.73. The Kier molecular flexibility index (Phi) is 9.02. The molecule has 0 aromatic heterocycles. The number of nitrogens with one attached hydrogen (secondary N) is 1. The van der Waals surface area contributed by atoms with E-state index in [-0.39, 0.29) is 5.92 Å². The minimum atomic E-state index is -0.840. The maximum absolute atomic E-state index is 11.3. The zero-order valence-electron chi connectivity index (χ0n) is 16.4. The third-order valence-corrected chi connectivity index (χ3v) is 4.05. The Morgan fingerprint density at radius 1 is 1.30 bits per heavy atom. The molecule has 6 heteroatoms. The van der Waals surface area contributed by atoms with Gasteiger partial charge in [-0.2, -0.15) is 5.11 Å². The monoisotopic (exact) mass is 368 g/mol. The van der Waals surface area contributed by atoms with Gasteiger partial charge in [0.2, 0.25) is 0 Å². The van der Waals surface area contributed by atoms with Crippen molar-refractivity contribution < 1.29 is 9.90 Å². The molecule has 0 aliphatic heterocycles. The van der Waals surface area contributed by atoms with Gasteiger partial charge in [0.15, 0.2) is 0 Å². The van der Waals surface area contributed by atoms with Crippen molar-refractivity contribution in [2.45, 2.75) is 33.4 Å². The summed E-state index contributed by atoms with van der Waals surface area (Å²) < 4.78 is 0. The molecule has 0 aliphatic rings. The van der Waals surface area contributed by atoms with E-state index in [1.807, 2.05) is 51.1 Å². The Hall–Kier alpha value is -2.86. The van der Waals surface area contributed by atoms with Crippen LogP contribution in [0.4, 0.5) is 0 Å². The summed E-state index contributed by atoms with van der Waals surface area (Å²) in [5, 5.41) is 23.6. The topological polar surface area (TPSA) is 86.4 Å². The Morgan fingerprint density at radius 3 is 2.41 bits per heavy atom. The van der Waals surface area contributed by atoms with Crippen LogP contribution in [0.15, 0.2) is 70.6 Å². The van der Waals surface area contributed by atoms with E-state index in [2.05, 4.69) is 33.9 Å². The fraction of sp³-hybridized carbons (Fsp3) is 0.333. The van der Waals surface area contributed by atoms with Gasteiger partial charge in [0, 0.05) is 6.54 Å². The molecule has 0 spiro atoms. The van der Waals surface area contributed by atoms with Crippen molar-refractivity contribution in [3.63, 3.8) is 0 Å². The summed E-state index contributed by atoms with van der Waals surface area (Å²) >= 11 is 0. The van der Waals surface area contributed by atoms with Crippen LogP contribution in [0.3, 0.4) is 0 Å². The van der Waals surface area contributed by atoms with Crippen LogP contribution in [-0.2, 0) is 11.3 Å². The van der Waals surface area contributed by atoms with Crippen molar-refractivity contribution >= 4 is 17.3 Å². The van der Waals surface area contributed by atoms with Gasteiger partial charge in [-0.3, -0.25) is 4.79 Å². The summed E-state index contributed by atoms with van der Waals surface area (Å²) in [4.78, 5) is 11.3. The molecule has 0 radical (unpaired) electrons. The van der Waals surface area contributed by atoms with Crippen molar-refractivity contribution in [3.8, 4) is 0 Å². The van der Waals surface area contributed by atoms with E-state index < -0.39 is 12.0 Å². The molecule has 1 atom stereocenters. The predicted octanol–water partition coefficient (Wildman–Crippen LogP) is 4.47. The molecular formula is C21H28N4O2. The number of carbonyl (C=O) groups is 1. The zero-order valence-corrected chi connectivity index (χ0v) is 16.4. The van der Waals surface area contributed by atoms with Gasteiger partial charge in [0.25, 0.3) is 0 Å². The van der Waals surface area contributed by atoms with E-state index in [9.17, 15) is 9.90 Å². The van der Waals surface area contributed by atoms with Crippen LogP contribution in [-0.4, -0.2) is 29.9 Å². The number of rotatable bonds is 10. The highest BCUT2D eigenvalue weighted by molar-refractivity contribution is 6.11. The first-order valence-electron chi connectivity index (χ1n) is 8.73. The lowest BCUT2D eigenvalue weighted by Gasteiger charge is -2.18. The number of carboxylic acids is 1. The van der Waals surface area contributed by atoms with E-state index in [0.29, 0.717) is 12.3 Å². The number of nitrogens with zero attached hydrogens (tertiary/aromatic N) is 3. The minimum absolute atomic E-state index is 0.00903. The maximum Gasteiger partial charge on any atom is 0.320 e. The van der Waals surface area contributed by atoms with Crippen LogP contribution in [0.25, 0.3) is 5.57 Å². The number of carboxylic acid groups (broad SMARTS) is 1. The average Bonchev–Trinajstić information content (AvgIpc) is 2.63. The molecule has 2 N–H and O–H groups in total. The standard InChI is InChI=1S/C21H28N4O2/c1-7-8-19(15(4)16(5)24-25-22-6)18-11-9-17(10-12-18)13-23-20(14(2)3)21(26)27/h7-12,14,20,23H,1,4,13H2,2-3,5-6H3,(H,26,27)/b19-8+,24-16+,25-22?. The average molecular weight is 368 g/mol. The quantitative estimate of drug-likeness (QED) is 0.276. The van der Waals surface area contributed by atoms with Crippen LogP contribution in [0.5, 0.6) is 0 Å². The normalized spacial score (nSPS) is 13.8. The summed E-state index contributed by atoms with van der Waals surface area (Å²) in [6, 6.07) is 7.29. The molecule has 1 unspecified atom stereocenters. The Morgan fingerprint density at radius 2 is 1.93 bits per heavy atom. The third-order valence-electron chi connectivity index (χ3n) is 4.05. The number of hydrogen-bond donors (Lipinski definition) is 2. The number of aliphatic carboxylic acids is 1. The largest absolute Gasteiger partial charge is 0.480 e. The fourth-order valence-electron chi connectivity index (χ4n) is 2.49. The number of hydrogen-bond acceptors (Lipinski definition) is 4. The lowest BCUT2D eigenvalue weighted by atomic mass is 9.95. The first-order chi connectivity index (χ1) is 12.8. The number of benzene rings is 1. The number of allylic oxidation sites excluding steroid dienone is 4. The molecule has 1 rings (SSSR count). The molecule has 0 aliphatic carbocycles. The van der Waals surface area contributed by atoms with Crippen LogP contribution in [0.1, 0.15) is 31.9 Å². The molecule has 6 nitrogen and oxygen atoms in total. The van der Waals surface area contributed by atoms with Crippen LogP contribution in [0, 0.1) is 5.92 Å². The SMILES string of the molecule is C=C/C=C(\C(=C)/C(C)=N/N=NC)c1ccc(CNC(C(=O)O)C(C)C)cc1. The third kappa shape index (κ3) is 6.75. The summed E-state index contributed by atoms with van der Waals surface area (Å²) in [5.74, 6) is -0.831. The Balaban J connectivity index is 2.97. The second kappa shape index (κ2) is 11.0. The lowest BCUT2D eigenvalue weighted by Crippen LogP contribution is -2.40. The zero-order chi connectivity index (χ0) is 20.4. The molecule has 0 saturated carbocycles. The minimum Gasteiger partial charge on any atom is -0.480 e. The first kappa shape index (κ1) is 22.2. The molecule has 0 amide bonds. The summed E-state index contributed by atoms with van der Waals surface area (Å²) in [7, 11) is 1.56. The van der Waals surface area contributed by atoms with E-state index >= 15 is 0 Å². The fourth-order valence-corrected chi connectivity index (χ4v) is 2.49. The smallest absolute Gasteiger partial charge is 0.320 e. The summed E-state index contributed by atoms with van der Waals surface area (Å²) in [6.45, 7) is 13.9. The van der Waals surface area contributed by atoms with Gasteiger partial charge in [0.1, 0.15) is 6.04 Å². The second-order valence-corrected chi connectivity index (χ2v) is 6.41. The van der Waals surface area contributed by atoms with E-state index in [0.717, 1.165) is 22.3 Å².